The monoisotopic (exact) mass is 720 g/mol. The van der Waals surface area contributed by atoms with E-state index in [1.54, 1.807) is 30.2 Å². The molecule has 0 aromatic carbocycles. The molecule has 0 amide bonds. The van der Waals surface area contributed by atoms with Crippen molar-refractivity contribution in [2.24, 2.45) is 23.7 Å². The van der Waals surface area contributed by atoms with Crippen molar-refractivity contribution >= 4 is 23.9 Å². The fourth-order valence-corrected chi connectivity index (χ4v) is 6.92. The third-order valence-electron chi connectivity index (χ3n) is 9.36. The summed E-state index contributed by atoms with van der Waals surface area (Å²) in [5, 5.41) is 8.75. The number of hydrogen-bond acceptors (Lipinski definition) is 8. The van der Waals surface area contributed by atoms with Gasteiger partial charge in [0, 0.05) is 49.9 Å². The Kier molecular flexibility index (Phi) is 25.0. The molecule has 0 fully saturated rings. The quantitative estimate of drug-likeness (QED) is 0.0578. The lowest BCUT2D eigenvalue weighted by Gasteiger charge is -2.19. The lowest BCUT2D eigenvalue weighted by molar-refractivity contribution is -0.460. The van der Waals surface area contributed by atoms with Crippen LogP contribution in [0, 0.1) is 23.7 Å². The summed E-state index contributed by atoms with van der Waals surface area (Å²) in [6.45, 7) is 16.2. The predicted molar refractivity (Wildman–Crippen MR) is 207 cm³/mol. The van der Waals surface area contributed by atoms with E-state index in [2.05, 4.69) is 72.7 Å². The number of aliphatic carboxylic acids is 1. The Morgan fingerprint density at radius 3 is 2.20 bits per heavy atom. The minimum atomic E-state index is -0.723. The number of carboxylic acid groups (broad SMARTS) is 1. The average Bonchev–Trinajstić information content (AvgIpc) is 3.53. The van der Waals surface area contributed by atoms with Crippen LogP contribution in [0.5, 0.6) is 6.01 Å². The van der Waals surface area contributed by atoms with Gasteiger partial charge in [-0.2, -0.15) is 16.3 Å². The fourth-order valence-electron chi connectivity index (χ4n) is 6.09. The standard InChI is InChI=1S/C40H70N4O5S/c1-34(2)13-9-14-35(3)15-10-16-36(4)17-11-18-37(5)20-27-48-31-38(49-40-41-21-12-22-42-40)32-50-30-29-47-28-26-44-25-24-43(33-44)23-8-6-7-19-39(45)46/h12,21-25,34-38H,6-11,13-20,26-33H2,1-5H3/p+1. The Morgan fingerprint density at radius 1 is 0.880 bits per heavy atom. The zero-order valence-corrected chi connectivity index (χ0v) is 33.0. The molecular weight excluding hydrogens is 649 g/mol. The van der Waals surface area contributed by atoms with E-state index in [9.17, 15) is 4.79 Å². The van der Waals surface area contributed by atoms with Crippen molar-refractivity contribution in [1.29, 1.82) is 0 Å². The highest BCUT2D eigenvalue weighted by molar-refractivity contribution is 7.99. The molecule has 0 aliphatic carbocycles. The van der Waals surface area contributed by atoms with Crippen LogP contribution >= 0.6 is 11.8 Å². The van der Waals surface area contributed by atoms with Gasteiger partial charge < -0.3 is 24.2 Å². The Hall–Kier alpha value is -2.17. The molecule has 0 saturated carbocycles. The first-order valence-electron chi connectivity index (χ1n) is 19.6. The van der Waals surface area contributed by atoms with E-state index in [4.69, 9.17) is 19.3 Å². The summed E-state index contributed by atoms with van der Waals surface area (Å²) < 4.78 is 20.3. The van der Waals surface area contributed by atoms with Gasteiger partial charge in [-0.15, -0.1) is 0 Å². The minimum absolute atomic E-state index is 0.113. The van der Waals surface area contributed by atoms with Gasteiger partial charge in [-0.05, 0) is 49.0 Å². The van der Waals surface area contributed by atoms with Crippen LogP contribution in [-0.4, -0.2) is 94.0 Å². The predicted octanol–water partition coefficient (Wildman–Crippen LogP) is 8.93. The number of carbonyl (C=O) groups is 1. The normalized spacial score (nSPS) is 16.3. The molecule has 10 heteroatoms. The Bertz CT molecular complexity index is 1040. The van der Waals surface area contributed by atoms with Crippen molar-refractivity contribution in [2.45, 2.75) is 131 Å². The minimum Gasteiger partial charge on any atom is -0.481 e. The van der Waals surface area contributed by atoms with Crippen molar-refractivity contribution in [3.05, 3.63) is 30.9 Å². The molecule has 4 atom stereocenters. The first kappa shape index (κ1) is 44.0. The van der Waals surface area contributed by atoms with E-state index < -0.39 is 5.97 Å². The Labute approximate surface area is 309 Å². The maximum absolute atomic E-state index is 10.6. The van der Waals surface area contributed by atoms with Gasteiger partial charge in [0.05, 0.1) is 26.0 Å². The number of unbranched alkanes of at least 4 members (excludes halogenated alkanes) is 2. The third-order valence-corrected chi connectivity index (χ3v) is 10.4. The molecule has 4 unspecified atom stereocenters. The van der Waals surface area contributed by atoms with Crippen molar-refractivity contribution in [2.75, 3.05) is 51.1 Å². The number of aromatic nitrogens is 2. The number of carboxylic acids is 1. The second-order valence-corrected chi connectivity index (χ2v) is 16.1. The highest BCUT2D eigenvalue weighted by Gasteiger charge is 2.16. The van der Waals surface area contributed by atoms with E-state index in [0.717, 1.165) is 74.8 Å². The highest BCUT2D eigenvalue weighted by Crippen LogP contribution is 2.23. The summed E-state index contributed by atoms with van der Waals surface area (Å²) in [5.74, 6) is 4.16. The maximum atomic E-state index is 10.6. The van der Waals surface area contributed by atoms with Gasteiger partial charge in [-0.1, -0.05) is 92.4 Å². The number of rotatable bonds is 32. The zero-order chi connectivity index (χ0) is 36.2. The highest BCUT2D eigenvalue weighted by atomic mass is 32.2. The molecule has 0 bridgehead atoms. The Balaban J connectivity index is 1.53. The molecule has 1 aliphatic rings. The maximum Gasteiger partial charge on any atom is 0.316 e. The average molecular weight is 720 g/mol. The van der Waals surface area contributed by atoms with Crippen LogP contribution in [0.1, 0.15) is 125 Å². The van der Waals surface area contributed by atoms with Gasteiger partial charge in [0.2, 0.25) is 6.67 Å². The van der Waals surface area contributed by atoms with Gasteiger partial charge >= 0.3 is 12.0 Å². The molecule has 0 saturated heterocycles. The van der Waals surface area contributed by atoms with E-state index in [-0.39, 0.29) is 12.5 Å². The number of hydrogen-bond donors (Lipinski definition) is 1. The summed E-state index contributed by atoms with van der Waals surface area (Å²) in [5.41, 5.74) is 0. The molecule has 0 radical (unpaired) electrons. The topological polar surface area (TPSA) is 97.0 Å². The van der Waals surface area contributed by atoms with Gasteiger partial charge in [-0.3, -0.25) is 4.79 Å². The van der Waals surface area contributed by atoms with Crippen molar-refractivity contribution in [3.63, 3.8) is 0 Å². The van der Waals surface area contributed by atoms with Crippen LogP contribution in [-0.2, 0) is 14.3 Å². The van der Waals surface area contributed by atoms with Crippen LogP contribution in [0.25, 0.3) is 0 Å². The zero-order valence-electron chi connectivity index (χ0n) is 32.2. The van der Waals surface area contributed by atoms with Crippen LogP contribution < -0.4 is 4.74 Å². The lowest BCUT2D eigenvalue weighted by atomic mass is 9.91. The lowest BCUT2D eigenvalue weighted by Crippen LogP contribution is -2.27. The van der Waals surface area contributed by atoms with Crippen molar-refractivity contribution in [1.82, 2.24) is 14.9 Å². The van der Waals surface area contributed by atoms with Crippen LogP contribution in [0.4, 0.5) is 0 Å². The van der Waals surface area contributed by atoms with E-state index in [1.807, 2.05) is 0 Å². The van der Waals surface area contributed by atoms with Crippen LogP contribution in [0.15, 0.2) is 30.9 Å². The Morgan fingerprint density at radius 2 is 1.54 bits per heavy atom. The van der Waals surface area contributed by atoms with Crippen LogP contribution in [0.2, 0.25) is 0 Å². The summed E-state index contributed by atoms with van der Waals surface area (Å²) in [4.78, 5) is 21.4. The molecule has 1 aliphatic heterocycles. The van der Waals surface area contributed by atoms with E-state index >= 15 is 0 Å². The first-order valence-corrected chi connectivity index (χ1v) is 20.8. The molecule has 2 heterocycles. The number of nitrogens with zero attached hydrogens (tertiary/aromatic N) is 4. The first-order chi connectivity index (χ1) is 24.2. The second-order valence-electron chi connectivity index (χ2n) is 14.9. The fraction of sp³-hybridized carbons (Fsp3) is 0.800. The molecule has 1 aromatic heterocycles. The van der Waals surface area contributed by atoms with Gasteiger partial charge in [0.1, 0.15) is 12.3 Å². The smallest absolute Gasteiger partial charge is 0.316 e. The van der Waals surface area contributed by atoms with Crippen molar-refractivity contribution < 1.29 is 28.7 Å². The SMILES string of the molecule is CC(C)CCCC(C)CCCC(C)CCCC(C)CCOCC(CSCCOCCN1C=C[N+](=CCCCCC(=O)O)C1)Oc1ncccn1. The van der Waals surface area contributed by atoms with Gasteiger partial charge in [-0.25, -0.2) is 9.97 Å². The van der Waals surface area contributed by atoms with E-state index in [1.165, 1.54) is 57.8 Å². The largest absolute Gasteiger partial charge is 0.481 e. The molecule has 1 N–H and O–H groups in total. The molecule has 1 aromatic rings. The van der Waals surface area contributed by atoms with Crippen LogP contribution in [0.3, 0.4) is 0 Å². The molecule has 50 heavy (non-hydrogen) atoms. The second kappa shape index (κ2) is 28.4. The summed E-state index contributed by atoms with van der Waals surface area (Å²) >= 11 is 1.80. The summed E-state index contributed by atoms with van der Waals surface area (Å²) in [6, 6.07) is 2.19. The number of ether oxygens (including phenoxy) is 3. The summed E-state index contributed by atoms with van der Waals surface area (Å²) in [7, 11) is 0. The van der Waals surface area contributed by atoms with Gasteiger partial charge in [0.25, 0.3) is 0 Å². The summed E-state index contributed by atoms with van der Waals surface area (Å²) in [6.07, 6.45) is 25.6. The van der Waals surface area contributed by atoms with E-state index in [0.29, 0.717) is 31.7 Å². The molecular formula is C40H71N4O5S+. The number of thioether (sulfide) groups is 1. The molecule has 2 rings (SSSR count). The molecule has 9 nitrogen and oxygen atoms in total. The molecule has 286 valence electrons. The van der Waals surface area contributed by atoms with Crippen molar-refractivity contribution in [3.8, 4) is 6.01 Å². The van der Waals surface area contributed by atoms with Gasteiger partial charge in [0.15, 0.2) is 6.20 Å². The molecule has 0 spiro atoms. The third kappa shape index (κ3) is 24.1.